The Bertz CT molecular complexity index is 2460. The highest BCUT2D eigenvalue weighted by Crippen LogP contribution is 2.54. The minimum Gasteiger partial charge on any atom is -0.0622 e. The van der Waals surface area contributed by atoms with Crippen LogP contribution in [0, 0.1) is 0 Å². The Morgan fingerprint density at radius 2 is 1.00 bits per heavy atom. The molecule has 48 heavy (non-hydrogen) atoms. The molecule has 0 radical (unpaired) electrons. The van der Waals surface area contributed by atoms with E-state index >= 15 is 0 Å². The van der Waals surface area contributed by atoms with Gasteiger partial charge >= 0.3 is 0 Å². The smallest absolute Gasteiger partial charge is 0.0165 e. The van der Waals surface area contributed by atoms with E-state index < -0.39 is 0 Å². The summed E-state index contributed by atoms with van der Waals surface area (Å²) in [5, 5.41) is 5.36. The van der Waals surface area contributed by atoms with Crippen LogP contribution in [-0.4, -0.2) is 0 Å². The van der Waals surface area contributed by atoms with E-state index in [0.29, 0.717) is 0 Å². The van der Waals surface area contributed by atoms with Crippen LogP contribution in [0.1, 0.15) is 76.3 Å². The Labute approximate surface area is 285 Å². The zero-order valence-electron chi connectivity index (χ0n) is 29.1. The summed E-state index contributed by atoms with van der Waals surface area (Å²) in [4.78, 5) is 0. The van der Waals surface area contributed by atoms with Crippen molar-refractivity contribution in [2.75, 3.05) is 0 Å². The highest BCUT2D eigenvalue weighted by atomic mass is 14.4. The van der Waals surface area contributed by atoms with Gasteiger partial charge in [0.1, 0.15) is 0 Å². The van der Waals surface area contributed by atoms with E-state index in [0.717, 1.165) is 0 Å². The van der Waals surface area contributed by atoms with Gasteiger partial charge in [-0.1, -0.05) is 152 Å². The van der Waals surface area contributed by atoms with Gasteiger partial charge in [0.15, 0.2) is 0 Å². The molecule has 2 aliphatic carbocycles. The van der Waals surface area contributed by atoms with Gasteiger partial charge in [0.05, 0.1) is 0 Å². The average Bonchev–Trinajstić information content (AvgIpc) is 3.46. The predicted octanol–water partition coefficient (Wildman–Crippen LogP) is 13.2. The number of hydrogen-bond donors (Lipinski definition) is 0. The molecule has 0 heterocycles. The van der Waals surface area contributed by atoms with Crippen molar-refractivity contribution in [3.05, 3.63) is 155 Å². The first-order valence-electron chi connectivity index (χ1n) is 17.4. The van der Waals surface area contributed by atoms with E-state index in [-0.39, 0.29) is 16.2 Å². The second-order valence-corrected chi connectivity index (χ2v) is 16.2. The second-order valence-electron chi connectivity index (χ2n) is 16.2. The molecule has 234 valence electrons. The molecule has 0 aromatic heterocycles. The van der Waals surface area contributed by atoms with E-state index in [9.17, 15) is 0 Å². The molecule has 0 unspecified atom stereocenters. The number of hydrogen-bond acceptors (Lipinski definition) is 0. The molecule has 0 fully saturated rings. The van der Waals surface area contributed by atoms with Crippen LogP contribution in [0.25, 0.3) is 66.1 Å². The molecule has 0 spiro atoms. The normalized spacial score (nSPS) is 15.3. The molecule has 0 amide bonds. The van der Waals surface area contributed by atoms with Crippen molar-refractivity contribution in [3.8, 4) is 44.5 Å². The lowest BCUT2D eigenvalue weighted by Crippen LogP contribution is -2.15. The average molecular weight is 619 g/mol. The third-order valence-electron chi connectivity index (χ3n) is 11.6. The summed E-state index contributed by atoms with van der Waals surface area (Å²) >= 11 is 0. The Hall–Kier alpha value is -4.94. The van der Waals surface area contributed by atoms with Crippen LogP contribution in [0.15, 0.2) is 127 Å². The summed E-state index contributed by atoms with van der Waals surface area (Å²) in [5.74, 6) is 0. The molecule has 0 saturated carbocycles. The topological polar surface area (TPSA) is 0 Å². The summed E-state index contributed by atoms with van der Waals surface area (Å²) in [7, 11) is 0. The van der Waals surface area contributed by atoms with Crippen molar-refractivity contribution >= 4 is 21.5 Å². The lowest BCUT2D eigenvalue weighted by molar-refractivity contribution is 0.591. The lowest BCUT2D eigenvalue weighted by Gasteiger charge is -2.25. The first kappa shape index (κ1) is 29.2. The lowest BCUT2D eigenvalue weighted by atomic mass is 9.78. The highest BCUT2D eigenvalue weighted by Gasteiger charge is 2.38. The Morgan fingerprint density at radius 3 is 1.79 bits per heavy atom. The maximum absolute atomic E-state index is 2.49. The van der Waals surface area contributed by atoms with Gasteiger partial charge in [0, 0.05) is 10.8 Å². The fourth-order valence-electron chi connectivity index (χ4n) is 8.96. The van der Waals surface area contributed by atoms with Crippen molar-refractivity contribution < 1.29 is 0 Å². The molecule has 0 saturated heterocycles. The van der Waals surface area contributed by atoms with Gasteiger partial charge in [0.25, 0.3) is 0 Å². The first-order valence-corrected chi connectivity index (χ1v) is 17.4. The number of rotatable bonds is 2. The monoisotopic (exact) mass is 618 g/mol. The predicted molar refractivity (Wildman–Crippen MR) is 206 cm³/mol. The quantitative estimate of drug-likeness (QED) is 0.169. The van der Waals surface area contributed by atoms with Crippen LogP contribution >= 0.6 is 0 Å². The molecule has 0 bridgehead atoms. The minimum absolute atomic E-state index is 0.0148. The van der Waals surface area contributed by atoms with Gasteiger partial charge in [0.2, 0.25) is 0 Å². The maximum atomic E-state index is 2.49. The van der Waals surface area contributed by atoms with Gasteiger partial charge in [-0.15, -0.1) is 0 Å². The Balaban J connectivity index is 1.25. The van der Waals surface area contributed by atoms with Crippen LogP contribution in [0.4, 0.5) is 0 Å². The van der Waals surface area contributed by atoms with Crippen molar-refractivity contribution in [2.45, 2.75) is 64.7 Å². The highest BCUT2D eigenvalue weighted by molar-refractivity contribution is 6.16. The van der Waals surface area contributed by atoms with Crippen molar-refractivity contribution in [2.24, 2.45) is 0 Å². The first-order chi connectivity index (χ1) is 22.9. The minimum atomic E-state index is -0.128. The van der Waals surface area contributed by atoms with Crippen LogP contribution in [0.2, 0.25) is 0 Å². The molecule has 0 atom stereocenters. The molecule has 2 aliphatic rings. The third-order valence-corrected chi connectivity index (χ3v) is 11.6. The van der Waals surface area contributed by atoms with Gasteiger partial charge in [-0.25, -0.2) is 0 Å². The molecule has 0 aliphatic heterocycles. The zero-order valence-corrected chi connectivity index (χ0v) is 29.1. The second kappa shape index (κ2) is 9.80. The standard InChI is InChI=1S/C48H42/c1-46(2,3)32-19-21-33-34-22-23-37-40-25-30(31-17-20-36-35-15-11-12-16-42(35)47(4,5)44(36)26-31)18-24-43(40)48(6,7)45(37)41(34)28-38(39(33)27-32)29-13-9-8-10-14-29/h8-28H,1-7H3. The molecular formula is C48H42. The van der Waals surface area contributed by atoms with Crippen LogP contribution in [0.3, 0.4) is 0 Å². The van der Waals surface area contributed by atoms with Crippen LogP contribution in [-0.2, 0) is 16.2 Å². The third kappa shape index (κ3) is 4.02. The summed E-state index contributed by atoms with van der Waals surface area (Å²) < 4.78 is 0. The van der Waals surface area contributed by atoms with E-state index in [4.69, 9.17) is 0 Å². The van der Waals surface area contributed by atoms with Crippen molar-refractivity contribution in [1.82, 2.24) is 0 Å². The summed E-state index contributed by atoms with van der Waals surface area (Å²) in [6.07, 6.45) is 0. The van der Waals surface area contributed by atoms with Gasteiger partial charge in [-0.2, -0.15) is 0 Å². The summed E-state index contributed by atoms with van der Waals surface area (Å²) in [5.41, 5.74) is 17.6. The number of benzene rings is 7. The molecule has 0 N–H and O–H groups in total. The van der Waals surface area contributed by atoms with E-state index in [2.05, 4.69) is 176 Å². The molecule has 7 aromatic carbocycles. The molecule has 7 aromatic rings. The van der Waals surface area contributed by atoms with E-state index in [1.165, 1.54) is 93.9 Å². The van der Waals surface area contributed by atoms with Crippen molar-refractivity contribution in [1.29, 1.82) is 0 Å². The van der Waals surface area contributed by atoms with Crippen molar-refractivity contribution in [3.63, 3.8) is 0 Å². The van der Waals surface area contributed by atoms with E-state index in [1.54, 1.807) is 0 Å². The van der Waals surface area contributed by atoms with Crippen LogP contribution < -0.4 is 0 Å². The maximum Gasteiger partial charge on any atom is 0.0165 e. The molecule has 0 nitrogen and oxygen atoms in total. The SMILES string of the molecule is CC(C)(C)c1ccc2c(c1)c(-c1ccccc1)cc1c3c(ccc12)-c1cc(-c2ccc4c(c2)C(C)(C)c2ccccc2-4)ccc1C3(C)C. The number of fused-ring (bicyclic) bond motifs is 10. The fraction of sp³-hybridized carbons (Fsp3) is 0.208. The van der Waals surface area contributed by atoms with E-state index in [1.807, 2.05) is 0 Å². The molecule has 9 rings (SSSR count). The molecular weight excluding hydrogens is 577 g/mol. The fourth-order valence-corrected chi connectivity index (χ4v) is 8.96. The zero-order chi connectivity index (χ0) is 33.2. The Kier molecular flexibility index (Phi) is 5.97. The van der Waals surface area contributed by atoms with Crippen LogP contribution in [0.5, 0.6) is 0 Å². The summed E-state index contributed by atoms with van der Waals surface area (Å²) in [6.45, 7) is 16.5. The summed E-state index contributed by atoms with van der Waals surface area (Å²) in [6, 6.07) is 48.6. The largest absolute Gasteiger partial charge is 0.0622 e. The van der Waals surface area contributed by atoms with Gasteiger partial charge < -0.3 is 0 Å². The van der Waals surface area contributed by atoms with Gasteiger partial charge in [-0.3, -0.25) is 0 Å². The molecule has 0 heteroatoms. The van der Waals surface area contributed by atoms with Gasteiger partial charge in [-0.05, 0) is 124 Å². The Morgan fingerprint density at radius 1 is 0.375 bits per heavy atom.